The van der Waals surface area contributed by atoms with Crippen LogP contribution in [0.3, 0.4) is 0 Å². The van der Waals surface area contributed by atoms with Crippen molar-refractivity contribution in [3.8, 4) is 5.75 Å². The summed E-state index contributed by atoms with van der Waals surface area (Å²) < 4.78 is 26.2. The highest BCUT2D eigenvalue weighted by atomic mass is 32.2. The fourth-order valence-corrected chi connectivity index (χ4v) is 4.93. The predicted octanol–water partition coefficient (Wildman–Crippen LogP) is 2.99. The number of benzene rings is 1. The molecule has 0 saturated carbocycles. The van der Waals surface area contributed by atoms with Gasteiger partial charge in [-0.1, -0.05) is 19.9 Å². The van der Waals surface area contributed by atoms with Crippen molar-refractivity contribution < 1.29 is 23.6 Å². The molecule has 1 aromatic carbocycles. The average molecular weight is 502 g/mol. The number of aromatic hydroxyl groups is 1. The predicted molar refractivity (Wildman–Crippen MR) is 135 cm³/mol. The smallest absolute Gasteiger partial charge is 0.269 e. The SMILES string of the molecule is Cc1cc([C@H](NC2=NS(=O)N=C2Nc2cccc(C(=O)N3CCCC3CO)c2O)C(C)C)oc1C. The third-order valence-corrected chi connectivity index (χ3v) is 7.06. The fourth-order valence-electron chi connectivity index (χ4n) is 4.30. The molecule has 3 atom stereocenters. The Morgan fingerprint density at radius 1 is 1.29 bits per heavy atom. The van der Waals surface area contributed by atoms with Gasteiger partial charge in [0.05, 0.1) is 29.9 Å². The number of phenols is 1. The van der Waals surface area contributed by atoms with Crippen molar-refractivity contribution in [2.75, 3.05) is 18.5 Å². The Morgan fingerprint density at radius 3 is 2.69 bits per heavy atom. The Hall–Kier alpha value is -3.18. The highest BCUT2D eigenvalue weighted by Gasteiger charge is 2.32. The summed E-state index contributed by atoms with van der Waals surface area (Å²) in [6.07, 6.45) is 1.52. The molecule has 2 aromatic rings. The van der Waals surface area contributed by atoms with E-state index in [-0.39, 0.29) is 59.2 Å². The molecular formula is C24H31N5O5S. The summed E-state index contributed by atoms with van der Waals surface area (Å²) in [5.74, 6) is 1.52. The van der Waals surface area contributed by atoms with E-state index in [1.807, 2.05) is 33.8 Å². The quantitative estimate of drug-likeness (QED) is 0.446. The van der Waals surface area contributed by atoms with Gasteiger partial charge in [0.15, 0.2) is 17.4 Å². The third-order valence-electron chi connectivity index (χ3n) is 6.38. The number of anilines is 1. The number of rotatable bonds is 6. The normalized spacial score (nSPS) is 20.7. The summed E-state index contributed by atoms with van der Waals surface area (Å²) >= 11 is -1.83. The molecule has 2 unspecified atom stereocenters. The van der Waals surface area contributed by atoms with Crippen LogP contribution in [-0.4, -0.2) is 56.1 Å². The van der Waals surface area contributed by atoms with Crippen LogP contribution < -0.4 is 10.6 Å². The number of furan rings is 1. The first-order valence-electron chi connectivity index (χ1n) is 11.6. The van der Waals surface area contributed by atoms with Gasteiger partial charge in [0.25, 0.3) is 17.1 Å². The van der Waals surface area contributed by atoms with E-state index in [9.17, 15) is 19.2 Å². The minimum atomic E-state index is -1.83. The third kappa shape index (κ3) is 5.10. The lowest BCUT2D eigenvalue weighted by molar-refractivity contribution is 0.0674. The molecule has 0 bridgehead atoms. The van der Waals surface area contributed by atoms with Gasteiger partial charge in [-0.2, -0.15) is 0 Å². The number of hydrogen-bond acceptors (Lipinski definition) is 7. The van der Waals surface area contributed by atoms with Crippen molar-refractivity contribution in [1.29, 1.82) is 0 Å². The first-order chi connectivity index (χ1) is 16.7. The van der Waals surface area contributed by atoms with E-state index >= 15 is 0 Å². The zero-order valence-electron chi connectivity index (χ0n) is 20.2. The maximum absolute atomic E-state index is 13.1. The lowest BCUT2D eigenvalue weighted by Gasteiger charge is -2.24. The van der Waals surface area contributed by atoms with Gasteiger partial charge in [-0.25, -0.2) is 4.21 Å². The number of carbonyl (C=O) groups excluding carboxylic acids is 1. The molecule has 1 amide bonds. The van der Waals surface area contributed by atoms with E-state index in [1.54, 1.807) is 17.0 Å². The Bertz CT molecular complexity index is 1190. The number of aryl methyl sites for hydroxylation is 2. The van der Waals surface area contributed by atoms with Crippen molar-refractivity contribution in [2.45, 2.75) is 52.6 Å². The second-order valence-corrected chi connectivity index (χ2v) is 10.00. The fraction of sp³-hybridized carbons (Fsp3) is 0.458. The first kappa shape index (κ1) is 24.9. The highest BCUT2D eigenvalue weighted by molar-refractivity contribution is 7.83. The molecule has 1 aromatic heterocycles. The molecule has 0 radical (unpaired) electrons. The van der Waals surface area contributed by atoms with Crippen molar-refractivity contribution in [3.05, 3.63) is 46.9 Å². The minimum absolute atomic E-state index is 0.114. The lowest BCUT2D eigenvalue weighted by atomic mass is 10.0. The molecule has 0 aliphatic carbocycles. The number of para-hydroxylation sites is 1. The van der Waals surface area contributed by atoms with Gasteiger partial charge in [-0.05, 0) is 56.4 Å². The molecular weight excluding hydrogens is 470 g/mol. The molecule has 2 aliphatic heterocycles. The topological polar surface area (TPSA) is 140 Å². The molecule has 35 heavy (non-hydrogen) atoms. The van der Waals surface area contributed by atoms with Gasteiger partial charge in [0, 0.05) is 6.54 Å². The molecule has 2 aliphatic rings. The molecule has 10 nitrogen and oxygen atoms in total. The van der Waals surface area contributed by atoms with E-state index in [2.05, 4.69) is 19.4 Å². The Kier molecular flexibility index (Phi) is 7.27. The van der Waals surface area contributed by atoms with Gasteiger partial charge in [-0.3, -0.25) is 4.79 Å². The number of aliphatic hydroxyl groups excluding tert-OH is 1. The first-order valence-corrected chi connectivity index (χ1v) is 12.7. The maximum atomic E-state index is 13.1. The monoisotopic (exact) mass is 501 g/mol. The van der Waals surface area contributed by atoms with Crippen molar-refractivity contribution in [2.24, 2.45) is 14.7 Å². The van der Waals surface area contributed by atoms with Gasteiger partial charge in [-0.15, -0.1) is 8.80 Å². The van der Waals surface area contributed by atoms with E-state index in [0.717, 1.165) is 29.9 Å². The molecule has 188 valence electrons. The number of nitrogens with one attached hydrogen (secondary N) is 2. The molecule has 0 spiro atoms. The standard InChI is InChI=1S/C24H31N5O5S/c1-13(2)20(19-11-14(3)15(4)34-19)26-23-22(27-35(33)28-23)25-18-9-5-8-17(21(18)31)24(32)29-10-6-7-16(29)12-30/h5,8-9,11,13,16,20,30-31H,6-7,10,12H2,1-4H3,(H,25,27)(H,26,28)/t16?,20-,35?/m1/s1. The van der Waals surface area contributed by atoms with Crippen molar-refractivity contribution >= 4 is 34.4 Å². The van der Waals surface area contributed by atoms with Crippen LogP contribution in [0.2, 0.25) is 0 Å². The number of likely N-dealkylation sites (tertiary alicyclic amines) is 1. The molecule has 11 heteroatoms. The number of phenolic OH excluding ortho intramolecular Hbond substituents is 1. The van der Waals surface area contributed by atoms with Crippen LogP contribution in [0.25, 0.3) is 0 Å². The molecule has 4 rings (SSSR count). The summed E-state index contributed by atoms with van der Waals surface area (Å²) in [5.41, 5.74) is 1.38. The highest BCUT2D eigenvalue weighted by Crippen LogP contribution is 2.32. The van der Waals surface area contributed by atoms with Crippen molar-refractivity contribution in [3.63, 3.8) is 0 Å². The number of hydrogen-bond donors (Lipinski definition) is 4. The Morgan fingerprint density at radius 2 is 2.03 bits per heavy atom. The zero-order valence-corrected chi connectivity index (χ0v) is 21.1. The van der Waals surface area contributed by atoms with E-state index in [4.69, 9.17) is 4.42 Å². The number of carbonyl (C=O) groups is 1. The second-order valence-electron chi connectivity index (χ2n) is 9.17. The average Bonchev–Trinajstić information content (AvgIpc) is 3.51. The van der Waals surface area contributed by atoms with Crippen LogP contribution >= 0.6 is 0 Å². The van der Waals surface area contributed by atoms with Gasteiger partial charge in [0.2, 0.25) is 0 Å². The number of amidine groups is 2. The summed E-state index contributed by atoms with van der Waals surface area (Å²) in [5, 5.41) is 26.7. The summed E-state index contributed by atoms with van der Waals surface area (Å²) in [4.78, 5) is 14.6. The number of amides is 1. The Labute approximate surface area is 206 Å². The van der Waals surface area contributed by atoms with Crippen LogP contribution in [0.1, 0.15) is 60.2 Å². The van der Waals surface area contributed by atoms with Crippen LogP contribution in [0.5, 0.6) is 5.75 Å². The Balaban J connectivity index is 1.56. The second kappa shape index (κ2) is 10.2. The summed E-state index contributed by atoms with van der Waals surface area (Å²) in [6, 6.07) is 6.22. The van der Waals surface area contributed by atoms with E-state index in [1.165, 1.54) is 6.07 Å². The van der Waals surface area contributed by atoms with Crippen LogP contribution in [0.4, 0.5) is 5.69 Å². The molecule has 4 N–H and O–H groups in total. The largest absolute Gasteiger partial charge is 0.505 e. The summed E-state index contributed by atoms with van der Waals surface area (Å²) in [6.45, 7) is 8.33. The zero-order chi connectivity index (χ0) is 25.3. The number of nitrogens with zero attached hydrogens (tertiary/aromatic N) is 3. The lowest BCUT2D eigenvalue weighted by Crippen LogP contribution is -2.38. The number of aliphatic hydroxyl groups is 1. The molecule has 1 saturated heterocycles. The molecule has 1 fully saturated rings. The molecule has 3 heterocycles. The maximum Gasteiger partial charge on any atom is 0.269 e. The van der Waals surface area contributed by atoms with Gasteiger partial charge in [0.1, 0.15) is 11.5 Å². The van der Waals surface area contributed by atoms with Crippen LogP contribution in [0.15, 0.2) is 37.5 Å². The van der Waals surface area contributed by atoms with Gasteiger partial charge >= 0.3 is 0 Å². The minimum Gasteiger partial charge on any atom is -0.505 e. The summed E-state index contributed by atoms with van der Waals surface area (Å²) in [7, 11) is 0. The van der Waals surface area contributed by atoms with Gasteiger partial charge < -0.3 is 30.2 Å². The van der Waals surface area contributed by atoms with E-state index < -0.39 is 11.2 Å². The van der Waals surface area contributed by atoms with Crippen LogP contribution in [0, 0.1) is 19.8 Å². The van der Waals surface area contributed by atoms with Crippen LogP contribution in [-0.2, 0) is 11.2 Å². The van der Waals surface area contributed by atoms with E-state index in [0.29, 0.717) is 6.54 Å². The van der Waals surface area contributed by atoms with Crippen molar-refractivity contribution in [1.82, 2.24) is 10.2 Å².